The van der Waals surface area contributed by atoms with E-state index in [1.54, 1.807) is 47.4 Å². The number of carbonyl (C=O) groups is 2. The first-order valence-corrected chi connectivity index (χ1v) is 9.19. The van der Waals surface area contributed by atoms with E-state index in [0.29, 0.717) is 30.0 Å². The molecule has 146 valence electrons. The van der Waals surface area contributed by atoms with E-state index in [1.807, 2.05) is 7.05 Å². The summed E-state index contributed by atoms with van der Waals surface area (Å²) in [6, 6.07) is 12.8. The Labute approximate surface area is 164 Å². The van der Waals surface area contributed by atoms with Gasteiger partial charge in [0.2, 0.25) is 0 Å². The van der Waals surface area contributed by atoms with Crippen LogP contribution >= 0.6 is 0 Å². The van der Waals surface area contributed by atoms with E-state index in [1.165, 1.54) is 18.2 Å². The van der Waals surface area contributed by atoms with Crippen molar-refractivity contribution < 1.29 is 18.7 Å². The van der Waals surface area contributed by atoms with E-state index in [9.17, 15) is 14.0 Å². The number of benzene rings is 2. The maximum Gasteiger partial charge on any atom is 0.260 e. The fraction of sp³-hybridized carbons (Fsp3) is 0.273. The predicted molar refractivity (Wildman–Crippen MR) is 106 cm³/mol. The Balaban J connectivity index is 1.52. The molecule has 3 rings (SSSR count). The van der Waals surface area contributed by atoms with Crippen molar-refractivity contribution in [3.8, 4) is 5.75 Å². The summed E-state index contributed by atoms with van der Waals surface area (Å²) in [6.07, 6.45) is 2.79. The molecule has 6 heteroatoms. The summed E-state index contributed by atoms with van der Waals surface area (Å²) in [5, 5.41) is 0. The Kier molecular flexibility index (Phi) is 6.55. The number of ketones is 1. The van der Waals surface area contributed by atoms with Gasteiger partial charge in [0.1, 0.15) is 11.6 Å². The van der Waals surface area contributed by atoms with Crippen molar-refractivity contribution in [2.24, 2.45) is 0 Å². The molecule has 1 aliphatic heterocycles. The van der Waals surface area contributed by atoms with Gasteiger partial charge < -0.3 is 14.5 Å². The molecule has 28 heavy (non-hydrogen) atoms. The van der Waals surface area contributed by atoms with Crippen LogP contribution in [0.4, 0.5) is 4.39 Å². The van der Waals surface area contributed by atoms with Gasteiger partial charge in [-0.2, -0.15) is 0 Å². The summed E-state index contributed by atoms with van der Waals surface area (Å²) in [6.45, 7) is 3.12. The fourth-order valence-electron chi connectivity index (χ4n) is 2.88. The number of carbonyl (C=O) groups excluding carboxylic acids is 2. The summed E-state index contributed by atoms with van der Waals surface area (Å²) in [4.78, 5) is 28.4. The predicted octanol–water partition coefficient (Wildman–Crippen LogP) is 2.87. The summed E-state index contributed by atoms with van der Waals surface area (Å²) >= 11 is 0. The number of hydrogen-bond acceptors (Lipinski definition) is 4. The lowest BCUT2D eigenvalue weighted by molar-refractivity contribution is -0.134. The second kappa shape index (κ2) is 9.28. The summed E-state index contributed by atoms with van der Waals surface area (Å²) in [5.41, 5.74) is 0.823. The van der Waals surface area contributed by atoms with Gasteiger partial charge in [0.15, 0.2) is 12.4 Å². The van der Waals surface area contributed by atoms with E-state index in [2.05, 4.69) is 4.90 Å². The van der Waals surface area contributed by atoms with Crippen LogP contribution in [0, 0.1) is 5.82 Å². The lowest BCUT2D eigenvalue weighted by Gasteiger charge is -2.32. The minimum absolute atomic E-state index is 0.0236. The maximum atomic E-state index is 13.6. The number of nitrogens with zero attached hydrogens (tertiary/aromatic N) is 2. The van der Waals surface area contributed by atoms with Gasteiger partial charge >= 0.3 is 0 Å². The maximum absolute atomic E-state index is 13.6. The highest BCUT2D eigenvalue weighted by atomic mass is 19.1. The van der Waals surface area contributed by atoms with Gasteiger partial charge in [-0.25, -0.2) is 4.39 Å². The minimum Gasteiger partial charge on any atom is -0.484 e. The van der Waals surface area contributed by atoms with Gasteiger partial charge in [-0.1, -0.05) is 18.2 Å². The highest BCUT2D eigenvalue weighted by Crippen LogP contribution is 2.15. The molecule has 1 heterocycles. The molecule has 0 radical (unpaired) electrons. The molecule has 2 aromatic carbocycles. The molecular weight excluding hydrogens is 359 g/mol. The Hall–Kier alpha value is -2.99. The third-order valence-electron chi connectivity index (χ3n) is 4.68. The zero-order chi connectivity index (χ0) is 19.9. The zero-order valence-electron chi connectivity index (χ0n) is 15.8. The third kappa shape index (κ3) is 5.27. The van der Waals surface area contributed by atoms with Crippen LogP contribution < -0.4 is 4.74 Å². The van der Waals surface area contributed by atoms with Crippen molar-refractivity contribution in [3.05, 3.63) is 71.6 Å². The van der Waals surface area contributed by atoms with Crippen LogP contribution in [0.25, 0.3) is 6.08 Å². The monoisotopic (exact) mass is 382 g/mol. The van der Waals surface area contributed by atoms with Crippen LogP contribution in [-0.4, -0.2) is 61.3 Å². The molecule has 1 saturated heterocycles. The van der Waals surface area contributed by atoms with Crippen molar-refractivity contribution in [1.82, 2.24) is 9.80 Å². The summed E-state index contributed by atoms with van der Waals surface area (Å²) in [7, 11) is 2.03. The number of likely N-dealkylation sites (N-methyl/N-ethyl adjacent to an activating group) is 1. The van der Waals surface area contributed by atoms with Crippen LogP contribution in [0.15, 0.2) is 54.6 Å². The first kappa shape index (κ1) is 19.8. The standard InChI is InChI=1S/C22H23FN2O3/c1-24-12-14-25(15-13-24)22(27)16-28-19-9-6-18(7-10-19)21(26)11-8-17-4-2-3-5-20(17)23/h2-11H,12-16H2,1H3/b11-8+. The van der Waals surface area contributed by atoms with Gasteiger partial charge in [-0.3, -0.25) is 9.59 Å². The first-order chi connectivity index (χ1) is 13.5. The van der Waals surface area contributed by atoms with Crippen molar-refractivity contribution in [2.45, 2.75) is 0 Å². The van der Waals surface area contributed by atoms with Crippen molar-refractivity contribution in [1.29, 1.82) is 0 Å². The second-order valence-electron chi connectivity index (χ2n) is 6.72. The molecule has 1 amide bonds. The largest absolute Gasteiger partial charge is 0.484 e. The normalized spacial score (nSPS) is 15.0. The van der Waals surface area contributed by atoms with Crippen LogP contribution in [0.2, 0.25) is 0 Å². The summed E-state index contributed by atoms with van der Waals surface area (Å²) in [5.74, 6) is -0.123. The number of ether oxygens (including phenoxy) is 1. The van der Waals surface area contributed by atoms with Crippen molar-refractivity contribution in [3.63, 3.8) is 0 Å². The summed E-state index contributed by atoms with van der Waals surface area (Å²) < 4.78 is 19.1. The van der Waals surface area contributed by atoms with Gasteiger partial charge in [-0.15, -0.1) is 0 Å². The van der Waals surface area contributed by atoms with Crippen LogP contribution in [0.1, 0.15) is 15.9 Å². The fourth-order valence-corrected chi connectivity index (χ4v) is 2.88. The molecule has 0 atom stereocenters. The Bertz CT molecular complexity index is 856. The van der Waals surface area contributed by atoms with E-state index < -0.39 is 0 Å². The molecule has 1 fully saturated rings. The number of piperazine rings is 1. The lowest BCUT2D eigenvalue weighted by atomic mass is 10.1. The molecule has 0 spiro atoms. The molecule has 0 unspecified atom stereocenters. The quantitative estimate of drug-likeness (QED) is 0.569. The Morgan fingerprint density at radius 1 is 1.04 bits per heavy atom. The number of rotatable bonds is 6. The Morgan fingerprint density at radius 3 is 2.39 bits per heavy atom. The number of allylic oxidation sites excluding steroid dienone is 1. The molecule has 0 saturated carbocycles. The van der Waals surface area contributed by atoms with Gasteiger partial charge in [-0.05, 0) is 49.5 Å². The molecule has 0 aromatic heterocycles. The first-order valence-electron chi connectivity index (χ1n) is 9.19. The average molecular weight is 382 g/mol. The zero-order valence-corrected chi connectivity index (χ0v) is 15.8. The molecule has 1 aliphatic rings. The molecule has 2 aromatic rings. The molecule has 0 bridgehead atoms. The smallest absolute Gasteiger partial charge is 0.260 e. The van der Waals surface area contributed by atoms with E-state index >= 15 is 0 Å². The van der Waals surface area contributed by atoms with Gasteiger partial charge in [0.25, 0.3) is 5.91 Å². The van der Waals surface area contributed by atoms with E-state index in [0.717, 1.165) is 13.1 Å². The van der Waals surface area contributed by atoms with Gasteiger partial charge in [0, 0.05) is 37.3 Å². The highest BCUT2D eigenvalue weighted by molar-refractivity contribution is 6.06. The molecular formula is C22H23FN2O3. The Morgan fingerprint density at radius 2 is 1.71 bits per heavy atom. The average Bonchev–Trinajstić information content (AvgIpc) is 2.72. The topological polar surface area (TPSA) is 49.9 Å². The number of halogens is 1. The molecule has 0 N–H and O–H groups in total. The van der Waals surface area contributed by atoms with Crippen molar-refractivity contribution in [2.75, 3.05) is 39.8 Å². The molecule has 0 aliphatic carbocycles. The minimum atomic E-state index is -0.375. The van der Waals surface area contributed by atoms with Crippen LogP contribution in [0.3, 0.4) is 0 Å². The lowest BCUT2D eigenvalue weighted by Crippen LogP contribution is -2.48. The number of hydrogen-bond donors (Lipinski definition) is 0. The SMILES string of the molecule is CN1CCN(C(=O)COc2ccc(C(=O)/C=C/c3ccccc3F)cc2)CC1. The van der Waals surface area contributed by atoms with Crippen LogP contribution in [0.5, 0.6) is 5.75 Å². The second-order valence-corrected chi connectivity index (χ2v) is 6.72. The molecule has 5 nitrogen and oxygen atoms in total. The van der Waals surface area contributed by atoms with Crippen LogP contribution in [-0.2, 0) is 4.79 Å². The third-order valence-corrected chi connectivity index (χ3v) is 4.68. The van der Waals surface area contributed by atoms with Gasteiger partial charge in [0.05, 0.1) is 0 Å². The number of amides is 1. The highest BCUT2D eigenvalue weighted by Gasteiger charge is 2.19. The van der Waals surface area contributed by atoms with E-state index in [-0.39, 0.29) is 24.1 Å². The van der Waals surface area contributed by atoms with E-state index in [4.69, 9.17) is 4.74 Å². The van der Waals surface area contributed by atoms with Crippen molar-refractivity contribution >= 4 is 17.8 Å².